The molecule has 1 aliphatic rings. The molecule has 7 nitrogen and oxygen atoms in total. The van der Waals surface area contributed by atoms with Crippen LogP contribution in [0.5, 0.6) is 5.75 Å². The Kier molecular flexibility index (Phi) is 4.90. The van der Waals surface area contributed by atoms with Crippen LogP contribution in [0.25, 0.3) is 22.5 Å². The van der Waals surface area contributed by atoms with Crippen molar-refractivity contribution in [1.82, 2.24) is 24.5 Å². The molecule has 1 aliphatic heterocycles. The number of pyridine rings is 1. The van der Waals surface area contributed by atoms with Crippen molar-refractivity contribution in [3.63, 3.8) is 0 Å². The predicted molar refractivity (Wildman–Crippen MR) is 124 cm³/mol. The zero-order valence-corrected chi connectivity index (χ0v) is 18.6. The van der Waals surface area contributed by atoms with Crippen LogP contribution in [-0.4, -0.2) is 24.5 Å². The van der Waals surface area contributed by atoms with E-state index >= 15 is 0 Å². The molecule has 5 rings (SSSR count). The summed E-state index contributed by atoms with van der Waals surface area (Å²) in [5, 5.41) is 9.41. The van der Waals surface area contributed by atoms with Gasteiger partial charge < -0.3 is 10.5 Å². The molecule has 0 amide bonds. The van der Waals surface area contributed by atoms with E-state index in [-0.39, 0.29) is 11.6 Å². The number of anilines is 1. The Labute approximate surface area is 191 Å². The third-order valence-electron chi connectivity index (χ3n) is 5.93. The molecule has 33 heavy (non-hydrogen) atoms. The maximum atomic E-state index is 14.3. The second-order valence-corrected chi connectivity index (χ2v) is 8.11. The SMILES string of the molecule is C#Cc1nn2c(c1CC)-c1cnc(N)c(c1)OC(C)c1cc(F)ccc1-c1nn(C)cc1C2. The van der Waals surface area contributed by atoms with Crippen LogP contribution >= 0.6 is 0 Å². The van der Waals surface area contributed by atoms with E-state index in [1.165, 1.54) is 12.1 Å². The molecule has 1 atom stereocenters. The van der Waals surface area contributed by atoms with Crippen LogP contribution in [0.4, 0.5) is 10.2 Å². The highest BCUT2D eigenvalue weighted by atomic mass is 19.1. The van der Waals surface area contributed by atoms with Crippen LogP contribution < -0.4 is 10.5 Å². The zero-order valence-electron chi connectivity index (χ0n) is 18.6. The molecule has 0 spiro atoms. The van der Waals surface area contributed by atoms with Crippen molar-refractivity contribution in [2.75, 3.05) is 5.73 Å². The van der Waals surface area contributed by atoms with Crippen molar-refractivity contribution in [3.8, 4) is 40.6 Å². The van der Waals surface area contributed by atoms with Crippen molar-refractivity contribution < 1.29 is 9.13 Å². The van der Waals surface area contributed by atoms with Gasteiger partial charge in [-0.25, -0.2) is 9.37 Å². The van der Waals surface area contributed by atoms with Crippen molar-refractivity contribution in [1.29, 1.82) is 0 Å². The van der Waals surface area contributed by atoms with Gasteiger partial charge in [-0.1, -0.05) is 6.92 Å². The van der Waals surface area contributed by atoms with Crippen molar-refractivity contribution >= 4 is 5.82 Å². The van der Waals surface area contributed by atoms with E-state index in [0.717, 1.165) is 33.6 Å². The van der Waals surface area contributed by atoms with Gasteiger partial charge in [0.25, 0.3) is 0 Å². The molecule has 1 aromatic carbocycles. The lowest BCUT2D eigenvalue weighted by molar-refractivity contribution is 0.227. The lowest BCUT2D eigenvalue weighted by atomic mass is 9.97. The summed E-state index contributed by atoms with van der Waals surface area (Å²) in [5.74, 6) is 3.02. The Hall–Kier alpha value is -4.12. The number of benzene rings is 1. The van der Waals surface area contributed by atoms with Gasteiger partial charge in [-0.2, -0.15) is 10.2 Å². The number of nitrogens with zero attached hydrogens (tertiary/aromatic N) is 5. The number of rotatable bonds is 1. The summed E-state index contributed by atoms with van der Waals surface area (Å²) in [6, 6.07) is 6.48. The zero-order chi connectivity index (χ0) is 23.3. The predicted octanol–water partition coefficient (Wildman–Crippen LogP) is 4.11. The molecule has 0 aliphatic carbocycles. The van der Waals surface area contributed by atoms with Crippen molar-refractivity contribution in [2.45, 2.75) is 32.9 Å². The summed E-state index contributed by atoms with van der Waals surface area (Å²) >= 11 is 0. The van der Waals surface area contributed by atoms with Gasteiger partial charge in [0.15, 0.2) is 11.6 Å². The summed E-state index contributed by atoms with van der Waals surface area (Å²) < 4.78 is 24.1. The Bertz CT molecular complexity index is 1430. The molecule has 0 saturated carbocycles. The van der Waals surface area contributed by atoms with Gasteiger partial charge >= 0.3 is 0 Å². The maximum Gasteiger partial charge on any atom is 0.166 e. The largest absolute Gasteiger partial charge is 0.482 e. The maximum absolute atomic E-state index is 14.3. The van der Waals surface area contributed by atoms with E-state index in [1.54, 1.807) is 16.9 Å². The van der Waals surface area contributed by atoms with Gasteiger partial charge in [-0.3, -0.25) is 9.36 Å². The van der Waals surface area contributed by atoms with E-state index in [9.17, 15) is 4.39 Å². The normalized spacial score (nSPS) is 14.7. The Morgan fingerprint density at radius 2 is 2.12 bits per heavy atom. The highest BCUT2D eigenvalue weighted by molar-refractivity contribution is 5.71. The second kappa shape index (κ2) is 7.78. The fraction of sp³-hybridized carbons (Fsp3) is 0.240. The number of ether oxygens (including phenoxy) is 1. The van der Waals surface area contributed by atoms with Crippen LogP contribution in [0.3, 0.4) is 0 Å². The standard InChI is InChI=1S/C25H23FN6O/c1-5-18-21(6-2)29-32-13-16-12-31(4)30-23(16)19-8-7-17(26)10-20(19)14(3)33-22-9-15(24(18)32)11-28-25(22)27/h2,7-12,14H,5,13H2,1,3-4H3,(H2,27,28). The molecule has 3 aromatic heterocycles. The van der Waals surface area contributed by atoms with Crippen molar-refractivity contribution in [3.05, 3.63) is 64.9 Å². The smallest absolute Gasteiger partial charge is 0.166 e. The van der Waals surface area contributed by atoms with E-state index < -0.39 is 6.10 Å². The number of fused-ring (bicyclic) bond motifs is 7. The number of aryl methyl sites for hydroxylation is 1. The number of nitrogen functional groups attached to an aromatic ring is 1. The Morgan fingerprint density at radius 1 is 1.30 bits per heavy atom. The van der Waals surface area contributed by atoms with E-state index in [0.29, 0.717) is 30.0 Å². The van der Waals surface area contributed by atoms with E-state index in [4.69, 9.17) is 27.1 Å². The summed E-state index contributed by atoms with van der Waals surface area (Å²) in [7, 11) is 1.86. The van der Waals surface area contributed by atoms with Gasteiger partial charge in [0.2, 0.25) is 0 Å². The molecule has 4 heterocycles. The van der Waals surface area contributed by atoms with Gasteiger partial charge in [0, 0.05) is 47.3 Å². The molecular formula is C25H23FN6O. The molecule has 166 valence electrons. The molecule has 0 fully saturated rings. The van der Waals surface area contributed by atoms with Gasteiger partial charge in [-0.15, -0.1) is 6.42 Å². The number of terminal acetylenes is 1. The topological polar surface area (TPSA) is 83.8 Å². The van der Waals surface area contributed by atoms with Gasteiger partial charge in [0.1, 0.15) is 17.6 Å². The minimum atomic E-state index is -0.499. The third kappa shape index (κ3) is 3.42. The van der Waals surface area contributed by atoms with Gasteiger partial charge in [0.05, 0.1) is 17.9 Å². The second-order valence-electron chi connectivity index (χ2n) is 8.11. The first-order chi connectivity index (χ1) is 15.9. The highest BCUT2D eigenvalue weighted by Gasteiger charge is 2.25. The number of nitrogens with two attached hydrogens (primary N) is 1. The fourth-order valence-electron chi connectivity index (χ4n) is 4.45. The average Bonchev–Trinajstić information content (AvgIpc) is 3.34. The minimum absolute atomic E-state index is 0.250. The first kappa shape index (κ1) is 20.8. The number of hydrogen-bond donors (Lipinski definition) is 1. The summed E-state index contributed by atoms with van der Waals surface area (Å²) in [4.78, 5) is 4.36. The number of aromatic nitrogens is 5. The molecule has 0 saturated heterocycles. The molecule has 8 heteroatoms. The Balaban J connectivity index is 1.84. The first-order valence-electron chi connectivity index (χ1n) is 10.7. The number of hydrogen-bond acceptors (Lipinski definition) is 5. The van der Waals surface area contributed by atoms with Crippen LogP contribution in [0.15, 0.2) is 36.7 Å². The lowest BCUT2D eigenvalue weighted by Crippen LogP contribution is -2.11. The summed E-state index contributed by atoms with van der Waals surface area (Å²) in [5.41, 5.74) is 12.5. The molecule has 2 N–H and O–H groups in total. The molecule has 1 unspecified atom stereocenters. The molecule has 0 radical (unpaired) electrons. The number of halogens is 1. The highest BCUT2D eigenvalue weighted by Crippen LogP contribution is 2.38. The summed E-state index contributed by atoms with van der Waals surface area (Å²) in [6.45, 7) is 4.33. The average molecular weight is 442 g/mol. The Morgan fingerprint density at radius 3 is 2.88 bits per heavy atom. The fourth-order valence-corrected chi connectivity index (χ4v) is 4.45. The van der Waals surface area contributed by atoms with E-state index in [2.05, 4.69) is 10.9 Å². The van der Waals surface area contributed by atoms with Crippen molar-refractivity contribution in [2.24, 2.45) is 7.05 Å². The molecular weight excluding hydrogens is 419 g/mol. The van der Waals surface area contributed by atoms with Crippen LogP contribution in [0.1, 0.15) is 42.3 Å². The molecule has 4 aromatic rings. The first-order valence-corrected chi connectivity index (χ1v) is 10.7. The van der Waals surface area contributed by atoms with Crippen LogP contribution in [0, 0.1) is 18.2 Å². The minimum Gasteiger partial charge on any atom is -0.482 e. The summed E-state index contributed by atoms with van der Waals surface area (Å²) in [6.07, 6.45) is 9.63. The van der Waals surface area contributed by atoms with E-state index in [1.807, 2.05) is 37.8 Å². The quantitative estimate of drug-likeness (QED) is 0.449. The van der Waals surface area contributed by atoms with Gasteiger partial charge in [-0.05, 0) is 43.5 Å². The van der Waals surface area contributed by atoms with Crippen LogP contribution in [-0.2, 0) is 20.0 Å². The van der Waals surface area contributed by atoms with Crippen LogP contribution in [0.2, 0.25) is 0 Å². The monoisotopic (exact) mass is 442 g/mol. The third-order valence-corrected chi connectivity index (χ3v) is 5.93. The molecule has 2 bridgehead atoms. The lowest BCUT2D eigenvalue weighted by Gasteiger charge is -2.21.